The van der Waals surface area contributed by atoms with Gasteiger partial charge in [-0.1, -0.05) is 12.8 Å². The van der Waals surface area contributed by atoms with Crippen LogP contribution in [0.1, 0.15) is 42.5 Å². The lowest BCUT2D eigenvalue weighted by Gasteiger charge is -2.23. The molecule has 5 nitrogen and oxygen atoms in total. The van der Waals surface area contributed by atoms with Gasteiger partial charge in [-0.15, -0.1) is 0 Å². The molecule has 0 aromatic heterocycles. The Balaban J connectivity index is 2.09. The lowest BCUT2D eigenvalue weighted by atomic mass is 10.0. The van der Waals surface area contributed by atoms with Crippen molar-refractivity contribution < 1.29 is 19.8 Å². The van der Waals surface area contributed by atoms with Gasteiger partial charge in [0.15, 0.2) is 0 Å². The molecule has 0 saturated heterocycles. The number of aliphatic hydroxyl groups is 1. The predicted molar refractivity (Wildman–Crippen MR) is 79.4 cm³/mol. The minimum atomic E-state index is -0.993. The minimum absolute atomic E-state index is 0.000903. The van der Waals surface area contributed by atoms with E-state index in [0.29, 0.717) is 18.0 Å². The summed E-state index contributed by atoms with van der Waals surface area (Å²) in [5, 5.41) is 18.1. The number of hydrogen-bond donors (Lipinski definition) is 2. The van der Waals surface area contributed by atoms with Gasteiger partial charge in [0.1, 0.15) is 0 Å². The molecule has 0 unspecified atom stereocenters. The van der Waals surface area contributed by atoms with Crippen LogP contribution in [0.15, 0.2) is 24.3 Å². The van der Waals surface area contributed by atoms with E-state index in [-0.39, 0.29) is 24.6 Å². The van der Waals surface area contributed by atoms with Gasteiger partial charge in [-0.25, -0.2) is 4.79 Å². The first-order chi connectivity index (χ1) is 10.1. The van der Waals surface area contributed by atoms with Gasteiger partial charge in [-0.3, -0.25) is 4.79 Å². The van der Waals surface area contributed by atoms with Crippen LogP contribution in [0.4, 0.5) is 5.69 Å². The van der Waals surface area contributed by atoms with E-state index < -0.39 is 5.97 Å². The van der Waals surface area contributed by atoms with Gasteiger partial charge in [-0.2, -0.15) is 0 Å². The molecule has 0 radical (unpaired) electrons. The molecule has 1 fully saturated rings. The van der Waals surface area contributed by atoms with Crippen molar-refractivity contribution in [1.82, 2.24) is 0 Å². The number of aliphatic hydroxyl groups excluding tert-OH is 1. The second-order valence-corrected chi connectivity index (χ2v) is 5.48. The van der Waals surface area contributed by atoms with Crippen molar-refractivity contribution in [2.75, 3.05) is 18.1 Å². The number of anilines is 1. The predicted octanol–water partition coefficient (Wildman–Crippen LogP) is 2.29. The molecule has 21 heavy (non-hydrogen) atoms. The Morgan fingerprint density at radius 3 is 2.29 bits per heavy atom. The Morgan fingerprint density at radius 1 is 1.14 bits per heavy atom. The lowest BCUT2D eigenvalue weighted by molar-refractivity contribution is -0.119. The highest BCUT2D eigenvalue weighted by Gasteiger charge is 2.23. The first kappa shape index (κ1) is 15.5. The van der Waals surface area contributed by atoms with E-state index in [1.807, 2.05) is 0 Å². The maximum Gasteiger partial charge on any atom is 0.335 e. The topological polar surface area (TPSA) is 77.8 Å². The number of aromatic carboxylic acids is 1. The van der Waals surface area contributed by atoms with E-state index in [1.165, 1.54) is 25.0 Å². The van der Waals surface area contributed by atoms with Crippen LogP contribution in [0.5, 0.6) is 0 Å². The molecule has 2 N–H and O–H groups in total. The van der Waals surface area contributed by atoms with Crippen LogP contribution in [0.25, 0.3) is 0 Å². The number of carboxylic acid groups (broad SMARTS) is 1. The normalized spacial score (nSPS) is 15.1. The highest BCUT2D eigenvalue weighted by atomic mass is 16.4. The van der Waals surface area contributed by atoms with Crippen molar-refractivity contribution in [3.8, 4) is 0 Å². The minimum Gasteiger partial charge on any atom is -0.478 e. The van der Waals surface area contributed by atoms with Crippen LogP contribution in [0.3, 0.4) is 0 Å². The summed E-state index contributed by atoms with van der Waals surface area (Å²) in [5.74, 6) is -0.552. The molecule has 1 aromatic carbocycles. The van der Waals surface area contributed by atoms with Crippen molar-refractivity contribution in [3.05, 3.63) is 29.8 Å². The van der Waals surface area contributed by atoms with Crippen LogP contribution in [-0.2, 0) is 4.79 Å². The van der Waals surface area contributed by atoms with Crippen molar-refractivity contribution in [3.63, 3.8) is 0 Å². The molecular weight excluding hydrogens is 270 g/mol. The SMILES string of the molecule is O=C(O)c1ccc(N(CCO)C(=O)CC2CCCC2)cc1. The van der Waals surface area contributed by atoms with E-state index >= 15 is 0 Å². The monoisotopic (exact) mass is 291 g/mol. The van der Waals surface area contributed by atoms with Crippen molar-refractivity contribution in [2.24, 2.45) is 5.92 Å². The second-order valence-electron chi connectivity index (χ2n) is 5.48. The molecule has 0 aliphatic heterocycles. The van der Waals surface area contributed by atoms with Crippen LogP contribution in [0.2, 0.25) is 0 Å². The fraction of sp³-hybridized carbons (Fsp3) is 0.500. The zero-order valence-corrected chi connectivity index (χ0v) is 12.0. The van der Waals surface area contributed by atoms with Crippen LogP contribution in [-0.4, -0.2) is 35.2 Å². The molecule has 5 heteroatoms. The van der Waals surface area contributed by atoms with Gasteiger partial charge < -0.3 is 15.1 Å². The molecule has 1 saturated carbocycles. The van der Waals surface area contributed by atoms with Gasteiger partial charge in [0.05, 0.1) is 12.2 Å². The highest BCUT2D eigenvalue weighted by Crippen LogP contribution is 2.29. The number of nitrogens with zero attached hydrogens (tertiary/aromatic N) is 1. The summed E-state index contributed by atoms with van der Waals surface area (Å²) in [4.78, 5) is 24.8. The molecule has 114 valence electrons. The van der Waals surface area contributed by atoms with Gasteiger partial charge in [-0.05, 0) is 43.0 Å². The fourth-order valence-electron chi connectivity index (χ4n) is 2.85. The molecule has 0 heterocycles. The number of benzene rings is 1. The molecule has 1 aromatic rings. The third-order valence-corrected chi connectivity index (χ3v) is 3.99. The molecule has 1 amide bonds. The number of carbonyl (C=O) groups excluding carboxylic acids is 1. The van der Waals surface area contributed by atoms with Gasteiger partial charge >= 0.3 is 5.97 Å². The fourth-order valence-corrected chi connectivity index (χ4v) is 2.85. The Labute approximate surface area is 124 Å². The number of amides is 1. The van der Waals surface area contributed by atoms with Crippen LogP contribution in [0, 0.1) is 5.92 Å². The lowest BCUT2D eigenvalue weighted by Crippen LogP contribution is -2.34. The standard InChI is InChI=1S/C16H21NO4/c18-10-9-17(15(19)11-12-3-1-2-4-12)14-7-5-13(6-8-14)16(20)21/h5-8,12,18H,1-4,9-11H2,(H,20,21). The Hall–Kier alpha value is -1.88. The highest BCUT2D eigenvalue weighted by molar-refractivity contribution is 5.94. The van der Waals surface area contributed by atoms with Crippen LogP contribution < -0.4 is 4.90 Å². The third-order valence-electron chi connectivity index (χ3n) is 3.99. The summed E-state index contributed by atoms with van der Waals surface area (Å²) >= 11 is 0. The zero-order chi connectivity index (χ0) is 15.2. The number of rotatable bonds is 6. The van der Waals surface area contributed by atoms with Crippen molar-refractivity contribution in [1.29, 1.82) is 0 Å². The number of hydrogen-bond acceptors (Lipinski definition) is 3. The Kier molecular flexibility index (Phi) is 5.33. The van der Waals surface area contributed by atoms with Gasteiger partial charge in [0.2, 0.25) is 5.91 Å². The smallest absolute Gasteiger partial charge is 0.335 e. The van der Waals surface area contributed by atoms with E-state index in [4.69, 9.17) is 10.2 Å². The first-order valence-electron chi connectivity index (χ1n) is 7.36. The first-order valence-corrected chi connectivity index (χ1v) is 7.36. The van der Waals surface area contributed by atoms with Gasteiger partial charge in [0, 0.05) is 18.7 Å². The maximum absolute atomic E-state index is 12.4. The van der Waals surface area contributed by atoms with E-state index in [9.17, 15) is 9.59 Å². The van der Waals surface area contributed by atoms with Crippen molar-refractivity contribution in [2.45, 2.75) is 32.1 Å². The largest absolute Gasteiger partial charge is 0.478 e. The van der Waals surface area contributed by atoms with E-state index in [1.54, 1.807) is 17.0 Å². The number of carbonyl (C=O) groups is 2. The Morgan fingerprint density at radius 2 is 1.76 bits per heavy atom. The van der Waals surface area contributed by atoms with Gasteiger partial charge in [0.25, 0.3) is 0 Å². The summed E-state index contributed by atoms with van der Waals surface area (Å²) in [6.45, 7) is 0.120. The molecular formula is C16H21NO4. The maximum atomic E-state index is 12.4. The summed E-state index contributed by atoms with van der Waals surface area (Å²) in [7, 11) is 0. The molecule has 1 aliphatic carbocycles. The van der Waals surface area contributed by atoms with Crippen LogP contribution >= 0.6 is 0 Å². The average molecular weight is 291 g/mol. The molecule has 2 rings (SSSR count). The molecule has 0 bridgehead atoms. The number of carboxylic acids is 1. The summed E-state index contributed by atoms with van der Waals surface area (Å²) in [5.41, 5.74) is 0.822. The molecule has 0 atom stereocenters. The zero-order valence-electron chi connectivity index (χ0n) is 12.0. The quantitative estimate of drug-likeness (QED) is 0.843. The average Bonchev–Trinajstić information content (AvgIpc) is 2.97. The van der Waals surface area contributed by atoms with E-state index in [0.717, 1.165) is 12.8 Å². The summed E-state index contributed by atoms with van der Waals surface area (Å²) in [6.07, 6.45) is 5.06. The molecule has 0 spiro atoms. The Bertz CT molecular complexity index is 492. The summed E-state index contributed by atoms with van der Waals surface area (Å²) < 4.78 is 0. The second kappa shape index (κ2) is 7.22. The molecule has 1 aliphatic rings. The summed E-state index contributed by atoms with van der Waals surface area (Å²) in [6, 6.07) is 6.19. The third kappa shape index (κ3) is 4.04. The van der Waals surface area contributed by atoms with Crippen molar-refractivity contribution >= 4 is 17.6 Å². The van der Waals surface area contributed by atoms with E-state index in [2.05, 4.69) is 0 Å².